The molecule has 0 amide bonds. The van der Waals surface area contributed by atoms with E-state index in [1.54, 1.807) is 6.92 Å². The van der Waals surface area contributed by atoms with Crippen molar-refractivity contribution < 1.29 is 27.1 Å². The molecule has 0 saturated carbocycles. The first kappa shape index (κ1) is 24.0. The first-order valence-corrected chi connectivity index (χ1v) is 13.3. The number of thiazole rings is 1. The Hall–Kier alpha value is -2.67. The van der Waals surface area contributed by atoms with Gasteiger partial charge in [-0.05, 0) is 55.7 Å². The van der Waals surface area contributed by atoms with Crippen LogP contribution in [0.1, 0.15) is 23.1 Å². The molecule has 0 aliphatic carbocycles. The van der Waals surface area contributed by atoms with Gasteiger partial charge in [0.15, 0.2) is 10.0 Å². The summed E-state index contributed by atoms with van der Waals surface area (Å²) in [7, 11) is -6.74. The average molecular weight is 493 g/mol. The predicted octanol–water partition coefficient (Wildman–Crippen LogP) is 3.51. The summed E-state index contributed by atoms with van der Waals surface area (Å²) in [4.78, 5) is 14.1. The zero-order valence-electron chi connectivity index (χ0n) is 17.5. The van der Waals surface area contributed by atoms with E-state index in [2.05, 4.69) is 21.5 Å². The molecule has 2 aromatic carbocycles. The van der Waals surface area contributed by atoms with Crippen LogP contribution >= 0.6 is 18.9 Å². The normalized spacial score (nSPS) is 13.0. The third kappa shape index (κ3) is 5.76. The van der Waals surface area contributed by atoms with Crippen LogP contribution in [0.3, 0.4) is 0 Å². The van der Waals surface area contributed by atoms with Crippen molar-refractivity contribution in [1.29, 1.82) is 0 Å². The number of nitrogens with zero attached hydrogens (tertiary/aromatic N) is 1. The van der Waals surface area contributed by atoms with Gasteiger partial charge < -0.3 is 14.2 Å². The Morgan fingerprint density at radius 2 is 2.00 bits per heavy atom. The number of sulfonamides is 1. The van der Waals surface area contributed by atoms with Crippen molar-refractivity contribution in [3.8, 4) is 17.6 Å². The number of hydrogen-bond acceptors (Lipinski definition) is 7. The zero-order valence-corrected chi connectivity index (χ0v) is 20.1. The molecule has 1 heterocycles. The Balaban J connectivity index is 1.83. The molecular weight excluding hydrogens is 471 g/mol. The molecule has 11 heteroatoms. The number of aryl methyl sites for hydroxylation is 1. The van der Waals surface area contributed by atoms with Crippen LogP contribution < -0.4 is 14.8 Å². The zero-order chi connectivity index (χ0) is 23.4. The number of benzene rings is 2. The highest BCUT2D eigenvalue weighted by molar-refractivity contribution is 7.92. The van der Waals surface area contributed by atoms with Crippen LogP contribution in [0, 0.1) is 18.8 Å². The van der Waals surface area contributed by atoms with Crippen LogP contribution in [-0.4, -0.2) is 32.0 Å². The van der Waals surface area contributed by atoms with Gasteiger partial charge in [-0.2, -0.15) is 8.42 Å². The van der Waals surface area contributed by atoms with Gasteiger partial charge in [0.25, 0.3) is 10.0 Å². The average Bonchev–Trinajstić information content (AvgIpc) is 3.22. The minimum absolute atomic E-state index is 0.0125. The van der Waals surface area contributed by atoms with E-state index in [1.807, 2.05) is 31.2 Å². The highest BCUT2D eigenvalue weighted by Gasteiger charge is 2.25. The fourth-order valence-electron chi connectivity index (χ4n) is 2.67. The molecule has 0 radical (unpaired) electrons. The molecule has 3 rings (SSSR count). The lowest BCUT2D eigenvalue weighted by molar-refractivity contribution is 0.284. The third-order valence-corrected chi connectivity index (χ3v) is 7.84. The Morgan fingerprint density at radius 3 is 2.69 bits per heavy atom. The predicted molar refractivity (Wildman–Crippen MR) is 124 cm³/mol. The minimum atomic E-state index is -4.03. The van der Waals surface area contributed by atoms with Crippen molar-refractivity contribution in [2.45, 2.75) is 18.9 Å². The second-order valence-electron chi connectivity index (χ2n) is 6.54. The molecule has 0 spiro atoms. The summed E-state index contributed by atoms with van der Waals surface area (Å²) in [6.45, 7) is 3.60. The smallest absolute Gasteiger partial charge is 0.358 e. The quantitative estimate of drug-likeness (QED) is 0.383. The number of nitrogens with one attached hydrogen (secondary N) is 1. The molecule has 0 aliphatic rings. The van der Waals surface area contributed by atoms with Gasteiger partial charge in [0.05, 0.1) is 24.7 Å². The van der Waals surface area contributed by atoms with Gasteiger partial charge in [-0.15, -0.1) is 11.3 Å². The summed E-state index contributed by atoms with van der Waals surface area (Å²) in [5.41, 5.74) is 1.97. The Morgan fingerprint density at radius 1 is 1.22 bits per heavy atom. The van der Waals surface area contributed by atoms with Crippen molar-refractivity contribution in [2.24, 2.45) is 0 Å². The Bertz CT molecular complexity index is 1340. The monoisotopic (exact) mass is 492 g/mol. The molecule has 0 saturated heterocycles. The van der Waals surface area contributed by atoms with E-state index in [4.69, 9.17) is 9.26 Å². The van der Waals surface area contributed by atoms with Crippen molar-refractivity contribution in [2.75, 3.05) is 18.4 Å². The van der Waals surface area contributed by atoms with Crippen molar-refractivity contribution in [3.63, 3.8) is 0 Å². The fourth-order valence-corrected chi connectivity index (χ4v) is 5.73. The second-order valence-corrected chi connectivity index (χ2v) is 10.8. The Kier molecular flexibility index (Phi) is 7.39. The topological polar surface area (TPSA) is 115 Å². The van der Waals surface area contributed by atoms with Crippen LogP contribution in [0.15, 0.2) is 52.9 Å². The standard InChI is InChI=1S/C21H21N2O6PS2/c1-4-29-30(24,25)17-9-10-18(19(13-17)28-3)23-32(26,27)21-14-31-20(22-21)11-8-16-7-5-6-15(2)12-16/h5-7,9-10,12-14,23H,4H2,1-3H3,(H,24,25). The number of anilines is 1. The molecule has 168 valence electrons. The fraction of sp³-hybridized carbons (Fsp3) is 0.190. The highest BCUT2D eigenvalue weighted by atomic mass is 32.2. The SMILES string of the molecule is CCOP(=O)(O)c1ccc(NS(=O)(=O)c2csc(C#Cc3cccc(C)c3)n2)c(OC)c1. The van der Waals surface area contributed by atoms with Gasteiger partial charge in [-0.25, -0.2) is 4.98 Å². The molecule has 32 heavy (non-hydrogen) atoms. The number of hydrogen-bond donors (Lipinski definition) is 2. The molecule has 8 nitrogen and oxygen atoms in total. The second kappa shape index (κ2) is 9.86. The summed E-state index contributed by atoms with van der Waals surface area (Å²) in [5.74, 6) is 5.90. The first-order valence-electron chi connectivity index (χ1n) is 9.37. The van der Waals surface area contributed by atoms with E-state index in [9.17, 15) is 17.9 Å². The van der Waals surface area contributed by atoms with E-state index in [0.29, 0.717) is 5.01 Å². The van der Waals surface area contributed by atoms with E-state index in [-0.39, 0.29) is 28.4 Å². The van der Waals surface area contributed by atoms with E-state index in [0.717, 1.165) is 22.5 Å². The van der Waals surface area contributed by atoms with Crippen molar-refractivity contribution >= 4 is 39.9 Å². The summed E-state index contributed by atoms with van der Waals surface area (Å²) >= 11 is 1.11. The summed E-state index contributed by atoms with van der Waals surface area (Å²) in [5, 5.41) is 1.54. The van der Waals surface area contributed by atoms with E-state index in [1.165, 1.54) is 30.7 Å². The molecule has 0 aliphatic heterocycles. The van der Waals surface area contributed by atoms with E-state index >= 15 is 0 Å². The highest BCUT2D eigenvalue weighted by Crippen LogP contribution is 2.42. The molecule has 1 aromatic heterocycles. The van der Waals surface area contributed by atoms with Gasteiger partial charge in [0, 0.05) is 10.9 Å². The molecule has 1 unspecified atom stereocenters. The van der Waals surface area contributed by atoms with Crippen molar-refractivity contribution in [1.82, 2.24) is 4.98 Å². The number of aromatic nitrogens is 1. The maximum atomic E-state index is 12.8. The van der Waals surface area contributed by atoms with Gasteiger partial charge in [-0.3, -0.25) is 9.29 Å². The molecule has 0 bridgehead atoms. The van der Waals surface area contributed by atoms with Gasteiger partial charge in [0.1, 0.15) is 5.75 Å². The third-order valence-electron chi connectivity index (χ3n) is 4.15. The Labute approximate surface area is 190 Å². The molecule has 1 atom stereocenters. The molecular formula is C21H21N2O6PS2. The van der Waals surface area contributed by atoms with Crippen LogP contribution in [0.25, 0.3) is 0 Å². The first-order chi connectivity index (χ1) is 15.1. The lowest BCUT2D eigenvalue weighted by atomic mass is 10.1. The van der Waals surface area contributed by atoms with Crippen molar-refractivity contribution in [3.05, 3.63) is 64.0 Å². The number of methoxy groups -OCH3 is 1. The van der Waals surface area contributed by atoms with Crippen LogP contribution in [0.2, 0.25) is 0 Å². The van der Waals surface area contributed by atoms with Gasteiger partial charge in [0.2, 0.25) is 0 Å². The molecule has 2 N–H and O–H groups in total. The largest absolute Gasteiger partial charge is 0.495 e. The van der Waals surface area contributed by atoms with Crippen LogP contribution in [0.4, 0.5) is 5.69 Å². The maximum absolute atomic E-state index is 12.8. The molecule has 0 fully saturated rings. The van der Waals surface area contributed by atoms with E-state index < -0.39 is 17.6 Å². The van der Waals surface area contributed by atoms with Gasteiger partial charge in [-0.1, -0.05) is 18.1 Å². The lowest BCUT2D eigenvalue weighted by Gasteiger charge is -2.15. The minimum Gasteiger partial charge on any atom is -0.495 e. The summed E-state index contributed by atoms with van der Waals surface area (Å²) in [6.07, 6.45) is 0. The van der Waals surface area contributed by atoms with Gasteiger partial charge >= 0.3 is 7.60 Å². The van der Waals surface area contributed by atoms with Crippen LogP contribution in [0.5, 0.6) is 5.75 Å². The van der Waals surface area contributed by atoms with Crippen LogP contribution in [-0.2, 0) is 19.1 Å². The number of rotatable bonds is 7. The summed E-state index contributed by atoms with van der Waals surface area (Å²) in [6, 6.07) is 11.5. The number of ether oxygens (including phenoxy) is 1. The summed E-state index contributed by atoms with van der Waals surface area (Å²) < 4.78 is 50.2. The lowest BCUT2D eigenvalue weighted by Crippen LogP contribution is -2.15. The maximum Gasteiger partial charge on any atom is 0.358 e. The molecule has 3 aromatic rings.